The number of rotatable bonds is 9. The molecule has 4 rings (SSSR count). The van der Waals surface area contributed by atoms with E-state index >= 15 is 0 Å². The summed E-state index contributed by atoms with van der Waals surface area (Å²) in [6.07, 6.45) is 4.89. The highest BCUT2D eigenvalue weighted by molar-refractivity contribution is 9.10. The zero-order valence-corrected chi connectivity index (χ0v) is 21.1. The first-order chi connectivity index (χ1) is 17.6. The molecule has 0 amide bonds. The number of aromatic nitrogens is 3. The van der Waals surface area contributed by atoms with Gasteiger partial charge in [-0.05, 0) is 77.2 Å². The molecule has 0 atom stereocenters. The number of hydrogen-bond acceptors (Lipinski definition) is 10. The van der Waals surface area contributed by atoms with Gasteiger partial charge >= 0.3 is 0 Å². The van der Waals surface area contributed by atoms with E-state index in [1.54, 1.807) is 30.5 Å². The van der Waals surface area contributed by atoms with Crippen molar-refractivity contribution in [2.45, 2.75) is 19.3 Å². The molecule has 2 heterocycles. The van der Waals surface area contributed by atoms with Crippen LogP contribution in [0.4, 0.5) is 27.9 Å². The molecule has 2 aromatic carbocycles. The van der Waals surface area contributed by atoms with Crippen molar-refractivity contribution >= 4 is 45.7 Å². The summed E-state index contributed by atoms with van der Waals surface area (Å²) >= 11 is 3.44. The Labute approximate surface area is 216 Å². The van der Waals surface area contributed by atoms with E-state index in [1.807, 2.05) is 6.07 Å². The molecule has 0 spiro atoms. The Balaban J connectivity index is 1.55. The van der Waals surface area contributed by atoms with Crippen molar-refractivity contribution in [2.75, 3.05) is 42.4 Å². The standard InChI is InChI=1S/C24H24BrFN8O2/c1-35-20-14-16(13-19(25)21(20)36-12-9-27)15-28-33-23-30-22(29-18-7-5-17(26)6-8-18)31-24(32-23)34-10-3-2-4-11-34/h5-8,13-15H,2-4,10-12H2,1H3,(H2,29,30,31,32,33)/b28-15-. The molecule has 12 heteroatoms. The molecule has 0 unspecified atom stereocenters. The molecule has 1 saturated heterocycles. The predicted molar refractivity (Wildman–Crippen MR) is 139 cm³/mol. The maximum atomic E-state index is 13.3. The molecule has 1 aromatic heterocycles. The van der Waals surface area contributed by atoms with E-state index in [4.69, 9.17) is 14.7 Å². The number of halogens is 2. The van der Waals surface area contributed by atoms with Crippen LogP contribution >= 0.6 is 15.9 Å². The third-order valence-electron chi connectivity index (χ3n) is 5.27. The maximum Gasteiger partial charge on any atom is 0.250 e. The van der Waals surface area contributed by atoms with Gasteiger partial charge in [-0.25, -0.2) is 9.82 Å². The molecule has 0 aliphatic carbocycles. The van der Waals surface area contributed by atoms with Gasteiger partial charge in [-0.15, -0.1) is 0 Å². The van der Waals surface area contributed by atoms with Gasteiger partial charge in [0.2, 0.25) is 17.8 Å². The number of hydrazone groups is 1. The van der Waals surface area contributed by atoms with Crippen molar-refractivity contribution in [3.8, 4) is 17.6 Å². The highest BCUT2D eigenvalue weighted by atomic mass is 79.9. The summed E-state index contributed by atoms with van der Waals surface area (Å²) in [5, 5.41) is 16.1. The number of benzene rings is 2. The minimum atomic E-state index is -0.324. The van der Waals surface area contributed by atoms with E-state index in [1.165, 1.54) is 25.7 Å². The Morgan fingerprint density at radius 1 is 1.14 bits per heavy atom. The lowest BCUT2D eigenvalue weighted by molar-refractivity contribution is 0.327. The van der Waals surface area contributed by atoms with Crippen LogP contribution in [0.5, 0.6) is 11.5 Å². The van der Waals surface area contributed by atoms with Gasteiger partial charge in [0.05, 0.1) is 17.8 Å². The number of hydrogen-bond donors (Lipinski definition) is 2. The van der Waals surface area contributed by atoms with E-state index in [0.29, 0.717) is 39.1 Å². The molecule has 0 bridgehead atoms. The van der Waals surface area contributed by atoms with Crippen LogP contribution in [-0.4, -0.2) is 48.0 Å². The van der Waals surface area contributed by atoms with Crippen molar-refractivity contribution < 1.29 is 13.9 Å². The minimum Gasteiger partial charge on any atom is -0.493 e. The normalized spacial score (nSPS) is 13.3. The fraction of sp³-hybridized carbons (Fsp3) is 0.292. The van der Waals surface area contributed by atoms with Crippen LogP contribution in [0, 0.1) is 17.1 Å². The molecule has 3 aromatic rings. The number of nitrogens with zero attached hydrogens (tertiary/aromatic N) is 6. The number of piperidine rings is 1. The van der Waals surface area contributed by atoms with Crippen molar-refractivity contribution in [3.05, 3.63) is 52.3 Å². The minimum absolute atomic E-state index is 0.100. The summed E-state index contributed by atoms with van der Waals surface area (Å²) in [7, 11) is 1.52. The van der Waals surface area contributed by atoms with Gasteiger partial charge in [-0.2, -0.15) is 25.3 Å². The van der Waals surface area contributed by atoms with Crippen LogP contribution in [0.25, 0.3) is 0 Å². The van der Waals surface area contributed by atoms with Crippen molar-refractivity contribution in [1.82, 2.24) is 15.0 Å². The zero-order chi connectivity index (χ0) is 25.3. The topological polar surface area (TPSA) is 121 Å². The third-order valence-corrected chi connectivity index (χ3v) is 5.86. The lowest BCUT2D eigenvalue weighted by Gasteiger charge is -2.26. The number of nitrogens with one attached hydrogen (secondary N) is 2. The first-order valence-corrected chi connectivity index (χ1v) is 12.0. The molecular formula is C24H24BrFN8O2. The van der Waals surface area contributed by atoms with Gasteiger partial charge in [0.25, 0.3) is 0 Å². The van der Waals surface area contributed by atoms with Gasteiger partial charge < -0.3 is 19.7 Å². The Morgan fingerprint density at radius 3 is 2.61 bits per heavy atom. The lowest BCUT2D eigenvalue weighted by Crippen LogP contribution is -2.31. The van der Waals surface area contributed by atoms with Gasteiger partial charge in [-0.3, -0.25) is 0 Å². The lowest BCUT2D eigenvalue weighted by atomic mass is 10.1. The Kier molecular flexibility index (Phi) is 8.46. The molecule has 36 heavy (non-hydrogen) atoms. The first-order valence-electron chi connectivity index (χ1n) is 11.3. The van der Waals surface area contributed by atoms with E-state index in [2.05, 4.69) is 51.6 Å². The number of nitriles is 1. The van der Waals surface area contributed by atoms with Crippen molar-refractivity contribution in [1.29, 1.82) is 5.26 Å². The van der Waals surface area contributed by atoms with Gasteiger partial charge in [0, 0.05) is 18.8 Å². The second kappa shape index (κ2) is 12.1. The maximum absolute atomic E-state index is 13.3. The molecule has 186 valence electrons. The molecule has 1 fully saturated rings. The monoisotopic (exact) mass is 554 g/mol. The first kappa shape index (κ1) is 25.1. The van der Waals surface area contributed by atoms with E-state index < -0.39 is 0 Å². The van der Waals surface area contributed by atoms with E-state index in [0.717, 1.165) is 25.9 Å². The van der Waals surface area contributed by atoms with Crippen LogP contribution in [0.3, 0.4) is 0 Å². The summed E-state index contributed by atoms with van der Waals surface area (Å²) < 4.78 is 24.7. The van der Waals surface area contributed by atoms with Crippen molar-refractivity contribution in [3.63, 3.8) is 0 Å². The molecule has 0 saturated carbocycles. The molecule has 1 aliphatic heterocycles. The van der Waals surface area contributed by atoms with Gasteiger partial charge in [-0.1, -0.05) is 0 Å². The Hall–Kier alpha value is -3.98. The summed E-state index contributed by atoms with van der Waals surface area (Å²) in [5.41, 5.74) is 4.23. The predicted octanol–water partition coefficient (Wildman–Crippen LogP) is 4.86. The van der Waals surface area contributed by atoms with Crippen LogP contribution in [0.2, 0.25) is 0 Å². The molecule has 10 nitrogen and oxygen atoms in total. The number of ether oxygens (including phenoxy) is 2. The molecule has 2 N–H and O–H groups in total. The third kappa shape index (κ3) is 6.57. The highest BCUT2D eigenvalue weighted by Gasteiger charge is 2.17. The van der Waals surface area contributed by atoms with Gasteiger partial charge in [0.1, 0.15) is 11.9 Å². The number of anilines is 4. The van der Waals surface area contributed by atoms with Crippen LogP contribution < -0.4 is 25.1 Å². The van der Waals surface area contributed by atoms with Gasteiger partial charge in [0.15, 0.2) is 18.1 Å². The average molecular weight is 555 g/mol. The second-order valence-corrected chi connectivity index (χ2v) is 8.67. The smallest absolute Gasteiger partial charge is 0.250 e. The SMILES string of the molecule is COc1cc(/C=N\Nc2nc(Nc3ccc(F)cc3)nc(N3CCCCC3)n2)cc(Br)c1OCC#N. The molecular weight excluding hydrogens is 531 g/mol. The molecule has 1 aliphatic rings. The Morgan fingerprint density at radius 2 is 1.89 bits per heavy atom. The summed E-state index contributed by atoms with van der Waals surface area (Å²) in [4.78, 5) is 15.6. The van der Waals surface area contributed by atoms with Crippen molar-refractivity contribution in [2.24, 2.45) is 5.10 Å². The quantitative estimate of drug-likeness (QED) is 0.282. The summed E-state index contributed by atoms with van der Waals surface area (Å²) in [6, 6.07) is 11.4. The van der Waals surface area contributed by atoms with Crippen LogP contribution in [0.15, 0.2) is 46.0 Å². The average Bonchev–Trinajstić information content (AvgIpc) is 2.89. The Bertz CT molecular complexity index is 1260. The van der Waals surface area contributed by atoms with E-state index in [9.17, 15) is 4.39 Å². The highest BCUT2D eigenvalue weighted by Crippen LogP contribution is 2.36. The fourth-order valence-electron chi connectivity index (χ4n) is 3.59. The van der Waals surface area contributed by atoms with E-state index in [-0.39, 0.29) is 18.4 Å². The summed E-state index contributed by atoms with van der Waals surface area (Å²) in [6.45, 7) is 1.62. The van der Waals surface area contributed by atoms with Crippen LogP contribution in [0.1, 0.15) is 24.8 Å². The largest absolute Gasteiger partial charge is 0.493 e. The summed E-state index contributed by atoms with van der Waals surface area (Å²) in [5.74, 6) is 1.68. The molecule has 0 radical (unpaired) electrons. The zero-order valence-electron chi connectivity index (χ0n) is 19.5. The number of methoxy groups -OCH3 is 1. The fourth-order valence-corrected chi connectivity index (χ4v) is 4.17. The second-order valence-electron chi connectivity index (χ2n) is 7.81. The van der Waals surface area contributed by atoms with Crippen LogP contribution in [-0.2, 0) is 0 Å².